The molecule has 0 unspecified atom stereocenters. The molecule has 3 rings (SSSR count). The number of aromatic nitrogens is 4. The van der Waals surface area contributed by atoms with E-state index in [4.69, 9.17) is 0 Å². The van der Waals surface area contributed by atoms with Crippen LogP contribution >= 0.6 is 0 Å². The van der Waals surface area contributed by atoms with Crippen molar-refractivity contribution in [1.29, 1.82) is 0 Å². The topological polar surface area (TPSA) is 159 Å². The first-order valence-electron chi connectivity index (χ1n) is 7.91. The third-order valence-corrected chi connectivity index (χ3v) is 3.78. The van der Waals surface area contributed by atoms with Crippen LogP contribution in [0.25, 0.3) is 11.4 Å². The van der Waals surface area contributed by atoms with Crippen LogP contribution in [0.4, 0.5) is 17.1 Å². The van der Waals surface area contributed by atoms with E-state index in [1.165, 1.54) is 42.5 Å². The van der Waals surface area contributed by atoms with Gasteiger partial charge in [0.15, 0.2) is 0 Å². The molecule has 1 N–H and O–H groups in total. The number of non-ortho nitro benzene ring substituents is 2. The Morgan fingerprint density at radius 2 is 1.71 bits per heavy atom. The highest BCUT2D eigenvalue weighted by atomic mass is 16.6. The van der Waals surface area contributed by atoms with Crippen molar-refractivity contribution < 1.29 is 14.6 Å². The highest BCUT2D eigenvalue weighted by molar-refractivity contribution is 5.91. The van der Waals surface area contributed by atoms with Gasteiger partial charge in [0.25, 0.3) is 11.4 Å². The summed E-state index contributed by atoms with van der Waals surface area (Å²) in [6.45, 7) is 1.45. The van der Waals surface area contributed by atoms with Gasteiger partial charge >= 0.3 is 0 Å². The summed E-state index contributed by atoms with van der Waals surface area (Å²) in [7, 11) is 0. The van der Waals surface area contributed by atoms with E-state index in [-0.39, 0.29) is 23.7 Å². The van der Waals surface area contributed by atoms with Gasteiger partial charge in [0, 0.05) is 29.8 Å². The molecule has 12 nitrogen and oxygen atoms in total. The predicted molar refractivity (Wildman–Crippen MR) is 96.4 cm³/mol. The predicted octanol–water partition coefficient (Wildman–Crippen LogP) is 2.10. The summed E-state index contributed by atoms with van der Waals surface area (Å²) in [5.74, 6) is -0.287. The molecule has 3 aromatic rings. The minimum absolute atomic E-state index is 0.0668. The van der Waals surface area contributed by atoms with Crippen LogP contribution in [0.5, 0.6) is 0 Å². The smallest absolute Gasteiger partial charge is 0.271 e. The molecule has 0 spiro atoms. The summed E-state index contributed by atoms with van der Waals surface area (Å²) in [4.78, 5) is 33.7. The molecule has 12 heteroatoms. The Morgan fingerprint density at radius 3 is 2.36 bits per heavy atom. The molecule has 0 saturated carbocycles. The second kappa shape index (κ2) is 7.57. The van der Waals surface area contributed by atoms with E-state index >= 15 is 0 Å². The number of amides is 1. The minimum Gasteiger partial charge on any atom is -0.324 e. The number of carbonyl (C=O) groups excluding carboxylic acids is 1. The fourth-order valence-electron chi connectivity index (χ4n) is 2.33. The maximum Gasteiger partial charge on any atom is 0.271 e. The van der Waals surface area contributed by atoms with Crippen molar-refractivity contribution >= 4 is 23.0 Å². The number of nitrogens with one attached hydrogen (secondary N) is 1. The quantitative estimate of drug-likeness (QED) is 0.500. The monoisotopic (exact) mass is 383 g/mol. The van der Waals surface area contributed by atoms with Crippen LogP contribution in [0.1, 0.15) is 5.56 Å². The number of carbonyl (C=O) groups is 1. The average Bonchev–Trinajstić information content (AvgIpc) is 3.11. The lowest BCUT2D eigenvalue weighted by Crippen LogP contribution is -2.21. The maximum absolute atomic E-state index is 12.2. The third-order valence-electron chi connectivity index (χ3n) is 3.78. The Morgan fingerprint density at radius 1 is 1.07 bits per heavy atom. The van der Waals surface area contributed by atoms with Crippen LogP contribution in [0.15, 0.2) is 42.5 Å². The first-order chi connectivity index (χ1) is 13.3. The van der Waals surface area contributed by atoms with Gasteiger partial charge in [-0.05, 0) is 29.8 Å². The Balaban J connectivity index is 1.70. The third kappa shape index (κ3) is 4.12. The lowest BCUT2D eigenvalue weighted by Gasteiger charge is -2.07. The van der Waals surface area contributed by atoms with Gasteiger partial charge in [0.05, 0.1) is 15.5 Å². The standard InChI is InChI=1S/C16H13N7O5/c1-10-2-5-13(23(27)28)8-14(10)17-15(24)9-21-19-16(18-20-21)11-3-6-12(7-4-11)22(25)26/h2-8H,9H2,1H3,(H,17,24). The SMILES string of the molecule is Cc1ccc([N+](=O)[O-])cc1NC(=O)Cn1nnc(-c2ccc([N+](=O)[O-])cc2)n1. The normalized spacial score (nSPS) is 10.5. The number of nitro benzene ring substituents is 2. The van der Waals surface area contributed by atoms with Crippen molar-refractivity contribution in [2.45, 2.75) is 13.5 Å². The highest BCUT2D eigenvalue weighted by Crippen LogP contribution is 2.22. The first-order valence-corrected chi connectivity index (χ1v) is 7.91. The van der Waals surface area contributed by atoms with Gasteiger partial charge in [-0.15, -0.1) is 10.2 Å². The van der Waals surface area contributed by atoms with Crippen LogP contribution in [0.3, 0.4) is 0 Å². The molecule has 1 aromatic heterocycles. The van der Waals surface area contributed by atoms with E-state index in [2.05, 4.69) is 20.7 Å². The number of benzene rings is 2. The second-order valence-corrected chi connectivity index (χ2v) is 5.75. The van der Waals surface area contributed by atoms with E-state index in [1.807, 2.05) is 0 Å². The second-order valence-electron chi connectivity index (χ2n) is 5.75. The fraction of sp³-hybridized carbons (Fsp3) is 0.125. The van der Waals surface area contributed by atoms with Crippen molar-refractivity contribution in [3.8, 4) is 11.4 Å². The molecule has 0 aliphatic carbocycles. The Bertz CT molecular complexity index is 1060. The molecule has 0 atom stereocenters. The maximum atomic E-state index is 12.2. The van der Waals surface area contributed by atoms with Gasteiger partial charge in [-0.25, -0.2) is 0 Å². The number of nitro groups is 2. The first kappa shape index (κ1) is 18.6. The van der Waals surface area contributed by atoms with Crippen LogP contribution in [-0.2, 0) is 11.3 Å². The Kier molecular flexibility index (Phi) is 5.02. The van der Waals surface area contributed by atoms with Crippen LogP contribution in [-0.4, -0.2) is 36.0 Å². The molecular weight excluding hydrogens is 370 g/mol. The summed E-state index contributed by atoms with van der Waals surface area (Å²) in [6, 6.07) is 9.73. The van der Waals surface area contributed by atoms with Gasteiger partial charge in [-0.3, -0.25) is 25.0 Å². The summed E-state index contributed by atoms with van der Waals surface area (Å²) in [5, 5.41) is 35.8. The summed E-state index contributed by atoms with van der Waals surface area (Å²) in [6.07, 6.45) is 0. The number of tetrazole rings is 1. The number of hydrogen-bond acceptors (Lipinski definition) is 8. The molecule has 28 heavy (non-hydrogen) atoms. The van der Waals surface area contributed by atoms with Gasteiger partial charge in [-0.2, -0.15) is 4.80 Å². The number of rotatable bonds is 6. The van der Waals surface area contributed by atoms with Crippen molar-refractivity contribution in [1.82, 2.24) is 20.2 Å². The summed E-state index contributed by atoms with van der Waals surface area (Å²) < 4.78 is 0. The molecule has 0 aliphatic heterocycles. The van der Waals surface area contributed by atoms with E-state index in [0.29, 0.717) is 16.8 Å². The number of hydrogen-bond donors (Lipinski definition) is 1. The fourth-order valence-corrected chi connectivity index (χ4v) is 2.33. The molecule has 0 radical (unpaired) electrons. The summed E-state index contributed by atoms with van der Waals surface area (Å²) >= 11 is 0. The lowest BCUT2D eigenvalue weighted by atomic mass is 10.2. The molecule has 2 aromatic carbocycles. The van der Waals surface area contributed by atoms with Crippen LogP contribution in [0, 0.1) is 27.2 Å². The average molecular weight is 383 g/mol. The zero-order valence-electron chi connectivity index (χ0n) is 14.5. The lowest BCUT2D eigenvalue weighted by molar-refractivity contribution is -0.385. The molecule has 0 aliphatic rings. The molecule has 1 amide bonds. The van der Waals surface area contributed by atoms with Gasteiger partial charge < -0.3 is 5.32 Å². The number of nitrogens with zero attached hydrogens (tertiary/aromatic N) is 6. The van der Waals surface area contributed by atoms with Crippen molar-refractivity contribution in [2.75, 3.05) is 5.32 Å². The number of aryl methyl sites for hydroxylation is 1. The molecule has 1 heterocycles. The van der Waals surface area contributed by atoms with Crippen LogP contribution in [0.2, 0.25) is 0 Å². The Hall–Kier alpha value is -4.22. The number of anilines is 1. The Labute approximate surface area is 157 Å². The van der Waals surface area contributed by atoms with Gasteiger partial charge in [0.2, 0.25) is 11.7 Å². The summed E-state index contributed by atoms with van der Waals surface area (Å²) in [5.41, 5.74) is 1.28. The molecule has 0 saturated heterocycles. The van der Waals surface area contributed by atoms with E-state index in [0.717, 1.165) is 4.80 Å². The molecule has 0 bridgehead atoms. The van der Waals surface area contributed by atoms with Crippen molar-refractivity contribution in [2.24, 2.45) is 0 Å². The van der Waals surface area contributed by atoms with E-state index in [1.54, 1.807) is 6.92 Å². The van der Waals surface area contributed by atoms with Crippen molar-refractivity contribution in [3.63, 3.8) is 0 Å². The van der Waals surface area contributed by atoms with Crippen LogP contribution < -0.4 is 5.32 Å². The molecule has 142 valence electrons. The van der Waals surface area contributed by atoms with E-state index < -0.39 is 15.8 Å². The van der Waals surface area contributed by atoms with Gasteiger partial charge in [-0.1, -0.05) is 6.07 Å². The largest absolute Gasteiger partial charge is 0.324 e. The van der Waals surface area contributed by atoms with E-state index in [9.17, 15) is 25.0 Å². The zero-order chi connectivity index (χ0) is 20.3. The molecule has 0 fully saturated rings. The van der Waals surface area contributed by atoms with Crippen molar-refractivity contribution in [3.05, 3.63) is 68.3 Å². The minimum atomic E-state index is -0.551. The zero-order valence-corrected chi connectivity index (χ0v) is 14.5. The van der Waals surface area contributed by atoms with Gasteiger partial charge in [0.1, 0.15) is 6.54 Å². The highest BCUT2D eigenvalue weighted by Gasteiger charge is 2.14. The molecular formula is C16H13N7O5.